The van der Waals surface area contributed by atoms with Gasteiger partial charge in [-0.2, -0.15) is 10.4 Å². The summed E-state index contributed by atoms with van der Waals surface area (Å²) in [5.74, 6) is -0.0833. The molecule has 0 radical (unpaired) electrons. The van der Waals surface area contributed by atoms with Crippen LogP contribution in [0, 0.1) is 34.3 Å². The van der Waals surface area contributed by atoms with Crippen LogP contribution in [-0.2, 0) is 19.9 Å². The molecule has 2 aromatic rings. The lowest BCUT2D eigenvalue weighted by molar-refractivity contribution is -0.385. The molecule has 130 valence electrons. The van der Waals surface area contributed by atoms with E-state index in [-0.39, 0.29) is 17.1 Å². The minimum absolute atomic E-state index is 0.119. The number of hydrogen-bond acceptors (Lipinski definition) is 6. The monoisotopic (exact) mass is 359 g/mol. The summed E-state index contributed by atoms with van der Waals surface area (Å²) in [7, 11) is 1.49. The predicted molar refractivity (Wildman–Crippen MR) is 92.8 cm³/mol. The van der Waals surface area contributed by atoms with Crippen LogP contribution in [0.25, 0.3) is 0 Å². The molecule has 0 aliphatic heterocycles. The average Bonchev–Trinajstić information content (AvgIpc) is 3.02. The Morgan fingerprint density at radius 1 is 1.56 bits per heavy atom. The standard InChI is InChI=1S/C16H17N5O3S/c1-8-4-5-10-11(7-17)16(25-12(10)6-8)18-15(22)14-13(21(23)24)9(2)19-20(14)3/h8H,4-6H2,1-3H3,(H,18,22)/t8-/m1/s1. The Balaban J connectivity index is 1.98. The van der Waals surface area contributed by atoms with Gasteiger partial charge in [-0.1, -0.05) is 6.92 Å². The fourth-order valence-electron chi connectivity index (χ4n) is 3.24. The second kappa shape index (κ2) is 6.29. The Morgan fingerprint density at radius 3 is 2.92 bits per heavy atom. The van der Waals surface area contributed by atoms with Crippen molar-refractivity contribution in [3.63, 3.8) is 0 Å². The average molecular weight is 359 g/mol. The number of rotatable bonds is 3. The number of thiophene rings is 1. The number of aromatic nitrogens is 2. The summed E-state index contributed by atoms with van der Waals surface area (Å²) in [6.07, 6.45) is 2.71. The van der Waals surface area contributed by atoms with Crippen LogP contribution in [0.4, 0.5) is 10.7 Å². The molecule has 0 unspecified atom stereocenters. The van der Waals surface area contributed by atoms with E-state index in [1.807, 2.05) is 0 Å². The molecular weight excluding hydrogens is 342 g/mol. The summed E-state index contributed by atoms with van der Waals surface area (Å²) in [5, 5.41) is 27.9. The molecule has 1 aliphatic rings. The van der Waals surface area contributed by atoms with Crippen LogP contribution in [0.15, 0.2) is 0 Å². The van der Waals surface area contributed by atoms with Gasteiger partial charge in [0.2, 0.25) is 5.69 Å². The minimum Gasteiger partial charge on any atom is -0.311 e. The lowest BCUT2D eigenvalue weighted by Crippen LogP contribution is -2.17. The number of nitriles is 1. The van der Waals surface area contributed by atoms with E-state index in [2.05, 4.69) is 23.4 Å². The largest absolute Gasteiger partial charge is 0.322 e. The fourth-order valence-corrected chi connectivity index (χ4v) is 4.60. The molecule has 2 aromatic heterocycles. The zero-order chi connectivity index (χ0) is 18.3. The van der Waals surface area contributed by atoms with Gasteiger partial charge in [0.15, 0.2) is 0 Å². The molecule has 0 aromatic carbocycles. The van der Waals surface area contributed by atoms with Gasteiger partial charge < -0.3 is 5.32 Å². The van der Waals surface area contributed by atoms with Gasteiger partial charge in [-0.3, -0.25) is 19.6 Å². The molecule has 1 aliphatic carbocycles. The predicted octanol–water partition coefficient (Wildman–Crippen LogP) is 2.95. The highest BCUT2D eigenvalue weighted by Gasteiger charge is 2.31. The van der Waals surface area contributed by atoms with Crippen molar-refractivity contribution in [3.05, 3.63) is 37.5 Å². The number of nitrogens with one attached hydrogen (secondary N) is 1. The molecular formula is C16H17N5O3S. The Morgan fingerprint density at radius 2 is 2.28 bits per heavy atom. The SMILES string of the molecule is Cc1nn(C)c(C(=O)Nc2sc3c(c2C#N)CC[C@@H](C)C3)c1[N+](=O)[O-]. The van der Waals surface area contributed by atoms with Crippen LogP contribution in [0.3, 0.4) is 0 Å². The smallest absolute Gasteiger partial charge is 0.311 e. The summed E-state index contributed by atoms with van der Waals surface area (Å²) in [4.78, 5) is 24.4. The molecule has 25 heavy (non-hydrogen) atoms. The van der Waals surface area contributed by atoms with E-state index in [4.69, 9.17) is 0 Å². The molecule has 0 bridgehead atoms. The van der Waals surface area contributed by atoms with Crippen molar-refractivity contribution in [2.75, 3.05) is 5.32 Å². The summed E-state index contributed by atoms with van der Waals surface area (Å²) >= 11 is 1.39. The zero-order valence-electron chi connectivity index (χ0n) is 14.1. The van der Waals surface area contributed by atoms with E-state index in [9.17, 15) is 20.2 Å². The second-order valence-corrected chi connectivity index (χ2v) is 7.39. The van der Waals surface area contributed by atoms with Crippen LogP contribution in [0.1, 0.15) is 45.5 Å². The molecule has 0 saturated carbocycles. The van der Waals surface area contributed by atoms with E-state index >= 15 is 0 Å². The van der Waals surface area contributed by atoms with Crippen LogP contribution in [0.2, 0.25) is 0 Å². The second-order valence-electron chi connectivity index (χ2n) is 6.29. The van der Waals surface area contributed by atoms with Crippen molar-refractivity contribution >= 4 is 27.9 Å². The van der Waals surface area contributed by atoms with Crippen molar-refractivity contribution in [1.29, 1.82) is 5.26 Å². The molecule has 1 amide bonds. The van der Waals surface area contributed by atoms with E-state index in [0.717, 1.165) is 29.7 Å². The molecule has 0 fully saturated rings. The molecule has 3 rings (SSSR count). The van der Waals surface area contributed by atoms with Gasteiger partial charge in [0.05, 0.1) is 10.5 Å². The van der Waals surface area contributed by atoms with Gasteiger partial charge >= 0.3 is 5.69 Å². The third kappa shape index (κ3) is 2.89. The molecule has 1 atom stereocenters. The highest BCUT2D eigenvalue weighted by molar-refractivity contribution is 7.16. The maximum Gasteiger partial charge on any atom is 0.322 e. The number of fused-ring (bicyclic) bond motifs is 1. The first-order valence-electron chi connectivity index (χ1n) is 7.87. The van der Waals surface area contributed by atoms with Gasteiger partial charge in [-0.25, -0.2) is 0 Å². The molecule has 0 saturated heterocycles. The summed E-state index contributed by atoms with van der Waals surface area (Å²) in [6, 6.07) is 2.17. The lowest BCUT2D eigenvalue weighted by atomic mass is 9.88. The van der Waals surface area contributed by atoms with Gasteiger partial charge in [0, 0.05) is 11.9 Å². The van der Waals surface area contributed by atoms with Crippen molar-refractivity contribution in [2.24, 2.45) is 13.0 Å². The number of nitro groups is 1. The number of nitrogens with zero attached hydrogens (tertiary/aromatic N) is 4. The Bertz CT molecular complexity index is 921. The summed E-state index contributed by atoms with van der Waals surface area (Å²) in [5.41, 5.74) is 1.22. The van der Waals surface area contributed by atoms with E-state index < -0.39 is 10.8 Å². The Hall–Kier alpha value is -2.73. The van der Waals surface area contributed by atoms with Crippen molar-refractivity contribution < 1.29 is 9.72 Å². The van der Waals surface area contributed by atoms with Crippen LogP contribution in [-0.4, -0.2) is 20.6 Å². The van der Waals surface area contributed by atoms with Crippen LogP contribution < -0.4 is 5.32 Å². The first kappa shape index (κ1) is 17.1. The van der Waals surface area contributed by atoms with Gasteiger partial charge in [0.1, 0.15) is 16.8 Å². The van der Waals surface area contributed by atoms with E-state index in [1.165, 1.54) is 30.0 Å². The van der Waals surface area contributed by atoms with Crippen LogP contribution in [0.5, 0.6) is 0 Å². The molecule has 9 heteroatoms. The highest BCUT2D eigenvalue weighted by atomic mass is 32.1. The topological polar surface area (TPSA) is 114 Å². The number of anilines is 1. The van der Waals surface area contributed by atoms with Crippen molar-refractivity contribution in [1.82, 2.24) is 9.78 Å². The van der Waals surface area contributed by atoms with Crippen LogP contribution >= 0.6 is 11.3 Å². The van der Waals surface area contributed by atoms with Crippen molar-refractivity contribution in [3.8, 4) is 6.07 Å². The third-order valence-corrected chi connectivity index (χ3v) is 5.61. The number of carbonyl (C=O) groups is 1. The molecule has 8 nitrogen and oxygen atoms in total. The third-order valence-electron chi connectivity index (χ3n) is 4.44. The molecule has 2 heterocycles. The molecule has 0 spiro atoms. The first-order chi connectivity index (χ1) is 11.8. The normalized spacial score (nSPS) is 16.2. The fraction of sp³-hybridized carbons (Fsp3) is 0.438. The van der Waals surface area contributed by atoms with Gasteiger partial charge in [-0.15, -0.1) is 11.3 Å². The maximum atomic E-state index is 12.6. The summed E-state index contributed by atoms with van der Waals surface area (Å²) < 4.78 is 1.20. The molecule has 1 N–H and O–H groups in total. The zero-order valence-corrected chi connectivity index (χ0v) is 14.9. The maximum absolute atomic E-state index is 12.6. The first-order valence-corrected chi connectivity index (χ1v) is 8.69. The Labute approximate surface area is 148 Å². The number of amides is 1. The number of aryl methyl sites for hydroxylation is 2. The quantitative estimate of drug-likeness (QED) is 0.668. The number of hydrogen-bond donors (Lipinski definition) is 1. The highest BCUT2D eigenvalue weighted by Crippen LogP contribution is 2.39. The minimum atomic E-state index is -0.627. The number of carbonyl (C=O) groups excluding carboxylic acids is 1. The lowest BCUT2D eigenvalue weighted by Gasteiger charge is -2.17. The van der Waals surface area contributed by atoms with Crippen molar-refractivity contribution in [2.45, 2.75) is 33.1 Å². The van der Waals surface area contributed by atoms with E-state index in [1.54, 1.807) is 0 Å². The van der Waals surface area contributed by atoms with Gasteiger partial charge in [0.25, 0.3) is 5.91 Å². The van der Waals surface area contributed by atoms with E-state index in [0.29, 0.717) is 16.5 Å². The summed E-state index contributed by atoms with van der Waals surface area (Å²) in [6.45, 7) is 3.65. The Kier molecular flexibility index (Phi) is 4.30. The van der Waals surface area contributed by atoms with Gasteiger partial charge in [-0.05, 0) is 37.7 Å².